The van der Waals surface area contributed by atoms with Crippen molar-refractivity contribution >= 4 is 16.6 Å². The van der Waals surface area contributed by atoms with E-state index >= 15 is 0 Å². The van der Waals surface area contributed by atoms with Crippen LogP contribution < -0.4 is 4.74 Å². The highest BCUT2D eigenvalue weighted by molar-refractivity contribution is 6.00. The van der Waals surface area contributed by atoms with E-state index < -0.39 is 0 Å². The molecule has 0 spiro atoms. The standard InChI is InChI=1S/C20H26O2/c1-3-4-5-6-7-8-9-20(21)18-11-10-17-15-19(22-2)13-12-16(17)14-18/h10-15H,3-9H2,1-2H3. The van der Waals surface area contributed by atoms with Crippen LogP contribution in [0.25, 0.3) is 10.8 Å². The fourth-order valence-corrected chi connectivity index (χ4v) is 2.73. The summed E-state index contributed by atoms with van der Waals surface area (Å²) in [6, 6.07) is 11.9. The number of ether oxygens (including phenoxy) is 1. The molecule has 118 valence electrons. The summed E-state index contributed by atoms with van der Waals surface area (Å²) in [6.07, 6.45) is 7.94. The van der Waals surface area contributed by atoms with Crippen molar-refractivity contribution in [2.75, 3.05) is 7.11 Å². The molecule has 0 fully saturated rings. The van der Waals surface area contributed by atoms with Gasteiger partial charge in [-0.05, 0) is 35.4 Å². The molecule has 2 heteroatoms. The van der Waals surface area contributed by atoms with Crippen molar-refractivity contribution in [2.45, 2.75) is 51.9 Å². The lowest BCUT2D eigenvalue weighted by Crippen LogP contribution is -1.99. The summed E-state index contributed by atoms with van der Waals surface area (Å²) < 4.78 is 5.23. The Morgan fingerprint density at radius 2 is 1.59 bits per heavy atom. The summed E-state index contributed by atoms with van der Waals surface area (Å²) in [5.41, 5.74) is 0.825. The molecule has 0 aliphatic heterocycles. The quantitative estimate of drug-likeness (QED) is 0.433. The molecule has 0 saturated heterocycles. The van der Waals surface area contributed by atoms with E-state index in [0.29, 0.717) is 6.42 Å². The maximum atomic E-state index is 12.3. The lowest BCUT2D eigenvalue weighted by Gasteiger charge is -2.05. The zero-order chi connectivity index (χ0) is 15.8. The first kappa shape index (κ1) is 16.5. The van der Waals surface area contributed by atoms with Gasteiger partial charge >= 0.3 is 0 Å². The Morgan fingerprint density at radius 3 is 2.36 bits per heavy atom. The van der Waals surface area contributed by atoms with Crippen LogP contribution in [-0.4, -0.2) is 12.9 Å². The third kappa shape index (κ3) is 4.59. The number of carbonyl (C=O) groups is 1. The van der Waals surface area contributed by atoms with Gasteiger partial charge in [0, 0.05) is 12.0 Å². The van der Waals surface area contributed by atoms with Crippen LogP contribution in [0.1, 0.15) is 62.2 Å². The molecule has 0 radical (unpaired) electrons. The van der Waals surface area contributed by atoms with Crippen molar-refractivity contribution in [3.63, 3.8) is 0 Å². The van der Waals surface area contributed by atoms with E-state index in [1.807, 2.05) is 36.4 Å². The van der Waals surface area contributed by atoms with Crippen molar-refractivity contribution in [3.05, 3.63) is 42.0 Å². The average Bonchev–Trinajstić information content (AvgIpc) is 2.56. The van der Waals surface area contributed by atoms with Crippen LogP contribution in [0, 0.1) is 0 Å². The maximum absolute atomic E-state index is 12.3. The monoisotopic (exact) mass is 298 g/mol. The number of ketones is 1. The van der Waals surface area contributed by atoms with E-state index in [0.717, 1.165) is 34.9 Å². The number of unbranched alkanes of at least 4 members (excludes halogenated alkanes) is 5. The Bertz CT molecular complexity index is 616. The largest absolute Gasteiger partial charge is 0.497 e. The molecule has 0 amide bonds. The van der Waals surface area contributed by atoms with Gasteiger partial charge in [0.15, 0.2) is 5.78 Å². The Kier molecular flexibility index (Phi) is 6.45. The molecule has 0 unspecified atom stereocenters. The van der Waals surface area contributed by atoms with Crippen molar-refractivity contribution in [3.8, 4) is 5.75 Å². The molecule has 0 aromatic heterocycles. The van der Waals surface area contributed by atoms with Gasteiger partial charge in [-0.1, -0.05) is 57.2 Å². The average molecular weight is 298 g/mol. The Balaban J connectivity index is 1.91. The number of hydrogen-bond donors (Lipinski definition) is 0. The number of hydrogen-bond acceptors (Lipinski definition) is 2. The summed E-state index contributed by atoms with van der Waals surface area (Å²) in [5.74, 6) is 1.10. The van der Waals surface area contributed by atoms with Gasteiger partial charge < -0.3 is 4.74 Å². The number of rotatable bonds is 9. The first-order valence-electron chi connectivity index (χ1n) is 8.35. The lowest BCUT2D eigenvalue weighted by atomic mass is 10.0. The molecular weight excluding hydrogens is 272 g/mol. The van der Waals surface area contributed by atoms with E-state index in [1.165, 1.54) is 25.7 Å². The second kappa shape index (κ2) is 8.57. The Hall–Kier alpha value is -1.83. The van der Waals surface area contributed by atoms with Crippen LogP contribution in [0.3, 0.4) is 0 Å². The van der Waals surface area contributed by atoms with E-state index in [1.54, 1.807) is 7.11 Å². The second-order valence-corrected chi connectivity index (χ2v) is 5.87. The van der Waals surface area contributed by atoms with Gasteiger partial charge in [-0.2, -0.15) is 0 Å². The highest BCUT2D eigenvalue weighted by atomic mass is 16.5. The number of fused-ring (bicyclic) bond motifs is 1. The van der Waals surface area contributed by atoms with E-state index in [9.17, 15) is 4.79 Å². The molecule has 2 rings (SSSR count). The number of methoxy groups -OCH3 is 1. The van der Waals surface area contributed by atoms with Crippen molar-refractivity contribution in [1.29, 1.82) is 0 Å². The molecule has 0 bridgehead atoms. The van der Waals surface area contributed by atoms with Gasteiger partial charge in [0.2, 0.25) is 0 Å². The molecule has 0 atom stereocenters. The second-order valence-electron chi connectivity index (χ2n) is 5.87. The molecule has 22 heavy (non-hydrogen) atoms. The SMILES string of the molecule is CCCCCCCCC(=O)c1ccc2cc(OC)ccc2c1. The summed E-state index contributed by atoms with van der Waals surface area (Å²) in [7, 11) is 1.67. The fourth-order valence-electron chi connectivity index (χ4n) is 2.73. The smallest absolute Gasteiger partial charge is 0.162 e. The molecule has 0 heterocycles. The van der Waals surface area contributed by atoms with Crippen molar-refractivity contribution < 1.29 is 9.53 Å². The molecule has 0 N–H and O–H groups in total. The Morgan fingerprint density at radius 1 is 0.909 bits per heavy atom. The molecule has 0 saturated carbocycles. The minimum Gasteiger partial charge on any atom is -0.497 e. The van der Waals surface area contributed by atoms with Crippen LogP contribution in [-0.2, 0) is 0 Å². The van der Waals surface area contributed by atoms with Gasteiger partial charge in [-0.3, -0.25) is 4.79 Å². The van der Waals surface area contributed by atoms with E-state index in [-0.39, 0.29) is 5.78 Å². The van der Waals surface area contributed by atoms with Gasteiger partial charge in [-0.25, -0.2) is 0 Å². The number of Topliss-reactive ketones (excluding diaryl/α,β-unsaturated/α-hetero) is 1. The third-order valence-electron chi connectivity index (χ3n) is 4.13. The summed E-state index contributed by atoms with van der Waals surface area (Å²) >= 11 is 0. The molecule has 2 aromatic rings. The zero-order valence-corrected chi connectivity index (χ0v) is 13.7. The summed E-state index contributed by atoms with van der Waals surface area (Å²) in [5, 5.41) is 2.20. The molecule has 2 aromatic carbocycles. The van der Waals surface area contributed by atoms with Gasteiger partial charge in [-0.15, -0.1) is 0 Å². The fraction of sp³-hybridized carbons (Fsp3) is 0.450. The van der Waals surface area contributed by atoms with Crippen LogP contribution in [0.4, 0.5) is 0 Å². The number of carbonyl (C=O) groups excluding carboxylic acids is 1. The van der Waals surface area contributed by atoms with Gasteiger partial charge in [0.25, 0.3) is 0 Å². The first-order valence-corrected chi connectivity index (χ1v) is 8.35. The molecular formula is C20H26O2. The first-order chi connectivity index (χ1) is 10.7. The minimum absolute atomic E-state index is 0.258. The van der Waals surface area contributed by atoms with Crippen molar-refractivity contribution in [1.82, 2.24) is 0 Å². The van der Waals surface area contributed by atoms with Crippen molar-refractivity contribution in [2.24, 2.45) is 0 Å². The summed E-state index contributed by atoms with van der Waals surface area (Å²) in [6.45, 7) is 2.22. The minimum atomic E-state index is 0.258. The lowest BCUT2D eigenvalue weighted by molar-refractivity contribution is 0.0979. The highest BCUT2D eigenvalue weighted by Gasteiger charge is 2.07. The molecule has 2 nitrogen and oxygen atoms in total. The third-order valence-corrected chi connectivity index (χ3v) is 4.13. The predicted octanol–water partition coefficient (Wildman–Crippen LogP) is 5.78. The predicted molar refractivity (Wildman–Crippen MR) is 92.8 cm³/mol. The van der Waals surface area contributed by atoms with Crippen LogP contribution in [0.2, 0.25) is 0 Å². The van der Waals surface area contributed by atoms with Gasteiger partial charge in [0.1, 0.15) is 5.75 Å². The van der Waals surface area contributed by atoms with E-state index in [4.69, 9.17) is 4.74 Å². The molecule has 0 aliphatic rings. The zero-order valence-electron chi connectivity index (χ0n) is 13.7. The Labute approximate surface area is 133 Å². The normalized spacial score (nSPS) is 10.8. The van der Waals surface area contributed by atoms with Crippen LogP contribution in [0.15, 0.2) is 36.4 Å². The molecule has 0 aliphatic carbocycles. The maximum Gasteiger partial charge on any atom is 0.162 e. The topological polar surface area (TPSA) is 26.3 Å². The van der Waals surface area contributed by atoms with Crippen LogP contribution in [0.5, 0.6) is 5.75 Å². The summed E-state index contributed by atoms with van der Waals surface area (Å²) in [4.78, 5) is 12.3. The highest BCUT2D eigenvalue weighted by Crippen LogP contribution is 2.22. The number of benzene rings is 2. The van der Waals surface area contributed by atoms with Crippen LogP contribution >= 0.6 is 0 Å². The van der Waals surface area contributed by atoms with E-state index in [2.05, 4.69) is 6.92 Å². The van der Waals surface area contributed by atoms with Gasteiger partial charge in [0.05, 0.1) is 7.11 Å².